The van der Waals surface area contributed by atoms with Gasteiger partial charge in [-0.2, -0.15) is 0 Å². The third-order valence-corrected chi connectivity index (χ3v) is 2.80. The summed E-state index contributed by atoms with van der Waals surface area (Å²) >= 11 is 0. The largest absolute Gasteiger partial charge is 0.473 e. The second-order valence-corrected chi connectivity index (χ2v) is 4.07. The first-order valence-electron chi connectivity index (χ1n) is 5.35. The Hall–Kier alpha value is -1.56. The number of nitrogens with two attached hydrogens (primary N) is 1. The third-order valence-electron chi connectivity index (χ3n) is 2.80. The van der Waals surface area contributed by atoms with Crippen LogP contribution in [0.1, 0.15) is 12.8 Å². The van der Waals surface area contributed by atoms with Crippen molar-refractivity contribution in [2.45, 2.75) is 18.9 Å². The van der Waals surface area contributed by atoms with Gasteiger partial charge in [-0.1, -0.05) is 0 Å². The van der Waals surface area contributed by atoms with Crippen molar-refractivity contribution in [2.75, 3.05) is 25.9 Å². The quantitative estimate of drug-likeness (QED) is 0.728. The number of likely N-dealkylation sites (tertiary alicyclic amines) is 1. The van der Waals surface area contributed by atoms with Crippen LogP contribution in [0, 0.1) is 0 Å². The molecule has 0 amide bonds. The predicted octanol–water partition coefficient (Wildman–Crippen LogP) is -0.175. The van der Waals surface area contributed by atoms with E-state index in [2.05, 4.69) is 21.9 Å². The molecule has 0 saturated carbocycles. The van der Waals surface area contributed by atoms with Crippen molar-refractivity contribution in [1.82, 2.24) is 14.9 Å². The van der Waals surface area contributed by atoms with E-state index in [1.807, 2.05) is 0 Å². The molecule has 6 nitrogen and oxygen atoms in total. The van der Waals surface area contributed by atoms with E-state index in [4.69, 9.17) is 10.5 Å². The molecule has 1 saturated heterocycles. The number of aromatic nitrogens is 2. The second kappa shape index (κ2) is 4.52. The zero-order valence-corrected chi connectivity index (χ0v) is 9.27. The molecule has 1 aromatic rings. The summed E-state index contributed by atoms with van der Waals surface area (Å²) in [4.78, 5) is 19.8. The fourth-order valence-electron chi connectivity index (χ4n) is 1.75. The van der Waals surface area contributed by atoms with Crippen molar-refractivity contribution in [1.29, 1.82) is 0 Å². The molecule has 0 atom stereocenters. The zero-order valence-electron chi connectivity index (χ0n) is 9.27. The average molecular weight is 224 g/mol. The summed E-state index contributed by atoms with van der Waals surface area (Å²) in [7, 11) is 2.08. The van der Waals surface area contributed by atoms with E-state index >= 15 is 0 Å². The van der Waals surface area contributed by atoms with E-state index in [9.17, 15) is 4.79 Å². The van der Waals surface area contributed by atoms with Gasteiger partial charge in [-0.25, -0.2) is 4.98 Å². The first-order chi connectivity index (χ1) is 7.66. The topological polar surface area (TPSA) is 84.2 Å². The molecule has 0 spiro atoms. The lowest BCUT2D eigenvalue weighted by molar-refractivity contribution is 0.110. The summed E-state index contributed by atoms with van der Waals surface area (Å²) in [6, 6.07) is 0. The smallest absolute Gasteiger partial charge is 0.277 e. The number of nitrogens with zero attached hydrogens (tertiary/aromatic N) is 2. The van der Waals surface area contributed by atoms with Crippen molar-refractivity contribution in [3.05, 3.63) is 16.7 Å². The fraction of sp³-hybridized carbons (Fsp3) is 0.600. The van der Waals surface area contributed by atoms with Gasteiger partial charge in [-0.3, -0.25) is 4.79 Å². The summed E-state index contributed by atoms with van der Waals surface area (Å²) in [6.45, 7) is 1.99. The van der Waals surface area contributed by atoms with Crippen molar-refractivity contribution >= 4 is 5.69 Å². The fourth-order valence-corrected chi connectivity index (χ4v) is 1.75. The summed E-state index contributed by atoms with van der Waals surface area (Å²) in [5.41, 5.74) is 5.29. The maximum atomic E-state index is 11.2. The Kier molecular flexibility index (Phi) is 3.09. The maximum absolute atomic E-state index is 11.2. The minimum atomic E-state index is -0.349. The van der Waals surface area contributed by atoms with E-state index in [1.54, 1.807) is 0 Å². The highest BCUT2D eigenvalue weighted by Gasteiger charge is 2.19. The zero-order chi connectivity index (χ0) is 11.5. The van der Waals surface area contributed by atoms with Gasteiger partial charge in [-0.05, 0) is 19.9 Å². The highest BCUT2D eigenvalue weighted by Crippen LogP contribution is 2.18. The molecule has 16 heavy (non-hydrogen) atoms. The third kappa shape index (κ3) is 2.33. The van der Waals surface area contributed by atoms with Gasteiger partial charge >= 0.3 is 0 Å². The molecule has 1 fully saturated rings. The van der Waals surface area contributed by atoms with Gasteiger partial charge in [0.25, 0.3) is 5.56 Å². The number of piperidine rings is 1. The van der Waals surface area contributed by atoms with E-state index in [-0.39, 0.29) is 23.2 Å². The Labute approximate surface area is 93.4 Å². The van der Waals surface area contributed by atoms with Gasteiger partial charge in [0.2, 0.25) is 5.88 Å². The van der Waals surface area contributed by atoms with Gasteiger partial charge in [0.15, 0.2) is 5.69 Å². The molecule has 0 aromatic carbocycles. The molecule has 88 valence electrons. The molecule has 3 N–H and O–H groups in total. The Morgan fingerprint density at radius 3 is 2.94 bits per heavy atom. The van der Waals surface area contributed by atoms with Gasteiger partial charge in [-0.15, -0.1) is 0 Å². The molecular weight excluding hydrogens is 208 g/mol. The van der Waals surface area contributed by atoms with Crippen LogP contribution in [-0.2, 0) is 0 Å². The van der Waals surface area contributed by atoms with Crippen LogP contribution in [0.3, 0.4) is 0 Å². The van der Waals surface area contributed by atoms with Gasteiger partial charge < -0.3 is 20.4 Å². The number of H-pyrrole nitrogens is 1. The molecule has 0 bridgehead atoms. The predicted molar refractivity (Wildman–Crippen MR) is 60.4 cm³/mol. The number of hydrogen-bond donors (Lipinski definition) is 2. The average Bonchev–Trinajstić information content (AvgIpc) is 2.28. The molecule has 2 rings (SSSR count). The molecule has 6 heteroatoms. The molecule has 1 aliphatic heterocycles. The van der Waals surface area contributed by atoms with E-state index in [0.29, 0.717) is 0 Å². The van der Waals surface area contributed by atoms with Crippen LogP contribution in [0.15, 0.2) is 11.1 Å². The van der Waals surface area contributed by atoms with Crippen LogP contribution in [0.2, 0.25) is 0 Å². The first-order valence-corrected chi connectivity index (χ1v) is 5.35. The van der Waals surface area contributed by atoms with E-state index in [0.717, 1.165) is 25.9 Å². The minimum Gasteiger partial charge on any atom is -0.473 e. The Morgan fingerprint density at radius 2 is 2.25 bits per heavy atom. The van der Waals surface area contributed by atoms with Gasteiger partial charge in [0.05, 0.1) is 6.33 Å². The monoisotopic (exact) mass is 224 g/mol. The molecule has 2 heterocycles. The SMILES string of the molecule is CN1CCC(Oc2nc[nH]c(=O)c2N)CC1. The molecule has 0 aliphatic carbocycles. The maximum Gasteiger partial charge on any atom is 0.277 e. The lowest BCUT2D eigenvalue weighted by atomic mass is 10.1. The highest BCUT2D eigenvalue weighted by molar-refractivity contribution is 5.44. The van der Waals surface area contributed by atoms with Crippen LogP contribution in [0.25, 0.3) is 0 Å². The number of nitrogens with one attached hydrogen (secondary N) is 1. The van der Waals surface area contributed by atoms with E-state index < -0.39 is 0 Å². The van der Waals surface area contributed by atoms with E-state index in [1.165, 1.54) is 6.33 Å². The van der Waals surface area contributed by atoms with Crippen LogP contribution in [-0.4, -0.2) is 41.1 Å². The van der Waals surface area contributed by atoms with Crippen LogP contribution in [0.5, 0.6) is 5.88 Å². The minimum absolute atomic E-state index is 0.0569. The Bertz CT molecular complexity index is 410. The Morgan fingerprint density at radius 1 is 1.56 bits per heavy atom. The molecule has 1 aliphatic rings. The van der Waals surface area contributed by atoms with Crippen molar-refractivity contribution in [2.24, 2.45) is 0 Å². The van der Waals surface area contributed by atoms with Crippen LogP contribution < -0.4 is 16.0 Å². The van der Waals surface area contributed by atoms with Crippen LogP contribution >= 0.6 is 0 Å². The van der Waals surface area contributed by atoms with Crippen LogP contribution in [0.4, 0.5) is 5.69 Å². The first kappa shape index (κ1) is 10.9. The number of ether oxygens (including phenoxy) is 1. The number of rotatable bonds is 2. The van der Waals surface area contributed by atoms with Gasteiger partial charge in [0.1, 0.15) is 6.10 Å². The van der Waals surface area contributed by atoms with Crippen molar-refractivity contribution in [3.8, 4) is 5.88 Å². The molecule has 0 unspecified atom stereocenters. The molecule has 0 radical (unpaired) electrons. The second-order valence-electron chi connectivity index (χ2n) is 4.07. The number of anilines is 1. The standard InChI is InChI=1S/C10H16N4O2/c1-14-4-2-7(3-5-14)16-10-8(11)9(15)12-6-13-10/h6-7H,2-5,11H2,1H3,(H,12,13,15). The summed E-state index contributed by atoms with van der Waals surface area (Å²) in [5, 5.41) is 0. The van der Waals surface area contributed by atoms with Crippen molar-refractivity contribution < 1.29 is 4.74 Å². The lowest BCUT2D eigenvalue weighted by Gasteiger charge is -2.28. The highest BCUT2D eigenvalue weighted by atomic mass is 16.5. The van der Waals surface area contributed by atoms with Crippen molar-refractivity contribution in [3.63, 3.8) is 0 Å². The molecule has 1 aromatic heterocycles. The summed E-state index contributed by atoms with van der Waals surface area (Å²) < 4.78 is 5.63. The number of nitrogen functional groups attached to an aromatic ring is 1. The normalized spacial score (nSPS) is 18.6. The summed E-state index contributed by atoms with van der Waals surface area (Å²) in [6.07, 6.45) is 3.28. The Balaban J connectivity index is 2.04. The number of hydrogen-bond acceptors (Lipinski definition) is 5. The number of aromatic amines is 1. The summed E-state index contributed by atoms with van der Waals surface area (Å²) in [5.74, 6) is 0.248. The lowest BCUT2D eigenvalue weighted by Crippen LogP contribution is -2.36. The van der Waals surface area contributed by atoms with Gasteiger partial charge in [0, 0.05) is 13.1 Å². The molecular formula is C10H16N4O2.